The van der Waals surface area contributed by atoms with Gasteiger partial charge in [-0.05, 0) is 35.9 Å². The summed E-state index contributed by atoms with van der Waals surface area (Å²) in [5.74, 6) is -0.391. The number of anilines is 1. The van der Waals surface area contributed by atoms with Crippen LogP contribution in [-0.2, 0) is 0 Å². The third kappa shape index (κ3) is 4.97. The van der Waals surface area contributed by atoms with E-state index in [1.807, 2.05) is 66.7 Å². The van der Waals surface area contributed by atoms with E-state index >= 15 is 0 Å². The van der Waals surface area contributed by atoms with Crippen LogP contribution < -0.4 is 11.0 Å². The summed E-state index contributed by atoms with van der Waals surface area (Å²) in [6.45, 7) is 0. The lowest BCUT2D eigenvalue weighted by atomic mass is 10.0. The van der Waals surface area contributed by atoms with E-state index in [1.54, 1.807) is 30.3 Å². The molecule has 0 aliphatic heterocycles. The molecule has 152 valence electrons. The highest BCUT2D eigenvalue weighted by Gasteiger charge is 2.20. The third-order valence-electron chi connectivity index (χ3n) is 4.58. The number of nitrogens with zero attached hydrogens (tertiary/aromatic N) is 1. The van der Waals surface area contributed by atoms with Gasteiger partial charge in [-0.15, -0.1) is 0 Å². The Labute approximate surface area is 184 Å². The van der Waals surface area contributed by atoms with Gasteiger partial charge in [-0.2, -0.15) is 4.98 Å². The van der Waals surface area contributed by atoms with Crippen LogP contribution in [0.4, 0.5) is 5.69 Å². The summed E-state index contributed by atoms with van der Waals surface area (Å²) in [6, 6.07) is 25.6. The van der Waals surface area contributed by atoms with Crippen LogP contribution in [0.3, 0.4) is 0 Å². The fourth-order valence-electron chi connectivity index (χ4n) is 3.12. The number of amides is 1. The summed E-state index contributed by atoms with van der Waals surface area (Å²) < 4.78 is 0. The minimum atomic E-state index is -0.533. The number of hydrogen-bond donors (Lipinski definition) is 2. The quantitative estimate of drug-likeness (QED) is 0.440. The fraction of sp³-hybridized carbons (Fsp3) is 0. The second-order valence-corrected chi connectivity index (χ2v) is 7.19. The second-order valence-electron chi connectivity index (χ2n) is 6.75. The van der Waals surface area contributed by atoms with Crippen molar-refractivity contribution >= 4 is 35.3 Å². The molecule has 1 heterocycles. The van der Waals surface area contributed by atoms with Gasteiger partial charge >= 0.3 is 5.69 Å². The molecule has 0 fully saturated rings. The summed E-state index contributed by atoms with van der Waals surface area (Å²) >= 11 is 5.94. The highest BCUT2D eigenvalue weighted by molar-refractivity contribution is 6.30. The first kappa shape index (κ1) is 20.3. The van der Waals surface area contributed by atoms with Crippen molar-refractivity contribution in [1.29, 1.82) is 0 Å². The maximum atomic E-state index is 13.3. The average Bonchev–Trinajstić information content (AvgIpc) is 2.80. The van der Waals surface area contributed by atoms with E-state index in [4.69, 9.17) is 11.6 Å². The maximum absolute atomic E-state index is 13.3. The number of aromatic amines is 1. The molecule has 0 bridgehead atoms. The third-order valence-corrected chi connectivity index (χ3v) is 4.83. The smallest absolute Gasteiger partial charge is 0.322 e. The lowest BCUT2D eigenvalue weighted by molar-refractivity contribution is 0.102. The number of carbonyl (C=O) groups is 1. The molecular formula is C25H18ClN3O2. The molecular weight excluding hydrogens is 410 g/mol. The lowest BCUT2D eigenvalue weighted by Gasteiger charge is -2.12. The number of benzene rings is 3. The van der Waals surface area contributed by atoms with Crippen molar-refractivity contribution in [2.75, 3.05) is 5.32 Å². The molecule has 3 aromatic carbocycles. The Morgan fingerprint density at radius 2 is 1.52 bits per heavy atom. The number of H-pyrrole nitrogens is 1. The number of hydrogen-bond acceptors (Lipinski definition) is 3. The van der Waals surface area contributed by atoms with Crippen molar-refractivity contribution in [3.63, 3.8) is 0 Å². The van der Waals surface area contributed by atoms with Gasteiger partial charge in [-0.1, -0.05) is 78.3 Å². The van der Waals surface area contributed by atoms with Crippen molar-refractivity contribution in [3.8, 4) is 11.3 Å². The molecule has 0 unspecified atom stereocenters. The van der Waals surface area contributed by atoms with Gasteiger partial charge in [0.15, 0.2) is 0 Å². The Morgan fingerprint density at radius 3 is 2.19 bits per heavy atom. The van der Waals surface area contributed by atoms with Crippen LogP contribution in [0.15, 0.2) is 89.7 Å². The fourth-order valence-corrected chi connectivity index (χ4v) is 3.25. The van der Waals surface area contributed by atoms with Crippen molar-refractivity contribution < 1.29 is 4.79 Å². The Balaban J connectivity index is 1.82. The van der Waals surface area contributed by atoms with Crippen LogP contribution in [0.25, 0.3) is 23.4 Å². The largest absolute Gasteiger partial charge is 0.345 e. The molecule has 2 N–H and O–H groups in total. The second kappa shape index (κ2) is 9.24. The summed E-state index contributed by atoms with van der Waals surface area (Å²) in [4.78, 5) is 32.4. The predicted octanol–water partition coefficient (Wildman–Crippen LogP) is 5.51. The first-order chi connectivity index (χ1) is 15.1. The monoisotopic (exact) mass is 427 g/mol. The summed E-state index contributed by atoms with van der Waals surface area (Å²) in [5, 5.41) is 3.43. The predicted molar refractivity (Wildman–Crippen MR) is 125 cm³/mol. The molecule has 4 aromatic rings. The number of carbonyl (C=O) groups excluding carboxylic acids is 1. The molecule has 6 heteroatoms. The van der Waals surface area contributed by atoms with Crippen molar-refractivity contribution in [2.45, 2.75) is 0 Å². The van der Waals surface area contributed by atoms with E-state index < -0.39 is 11.6 Å². The van der Waals surface area contributed by atoms with Gasteiger partial charge in [0.1, 0.15) is 0 Å². The first-order valence-electron chi connectivity index (χ1n) is 9.60. The van der Waals surface area contributed by atoms with E-state index in [2.05, 4.69) is 15.3 Å². The SMILES string of the molecule is O=C(Nc1ccc(Cl)cc1)c1c(-c2ccccc2)nc(=O)[nH]c1/C=C/c1ccccc1. The van der Waals surface area contributed by atoms with Crippen molar-refractivity contribution in [2.24, 2.45) is 0 Å². The highest BCUT2D eigenvalue weighted by atomic mass is 35.5. The molecule has 5 nitrogen and oxygen atoms in total. The number of halogens is 1. The topological polar surface area (TPSA) is 74.8 Å². The molecule has 0 aliphatic carbocycles. The summed E-state index contributed by atoms with van der Waals surface area (Å²) in [5.41, 5.74) is 2.60. The number of nitrogens with one attached hydrogen (secondary N) is 2. The molecule has 0 saturated heterocycles. The molecule has 4 rings (SSSR count). The molecule has 0 aliphatic rings. The Kier molecular flexibility index (Phi) is 6.05. The van der Waals surface area contributed by atoms with Gasteiger partial charge in [0, 0.05) is 16.3 Å². The van der Waals surface area contributed by atoms with Crippen LogP contribution in [0.5, 0.6) is 0 Å². The number of rotatable bonds is 5. The molecule has 0 radical (unpaired) electrons. The normalized spacial score (nSPS) is 10.9. The molecule has 1 aromatic heterocycles. The van der Waals surface area contributed by atoms with Crippen LogP contribution in [0.2, 0.25) is 5.02 Å². The Morgan fingerprint density at radius 1 is 0.871 bits per heavy atom. The summed E-state index contributed by atoms with van der Waals surface area (Å²) in [6.07, 6.45) is 3.54. The van der Waals surface area contributed by atoms with Gasteiger partial charge in [-0.3, -0.25) is 4.79 Å². The van der Waals surface area contributed by atoms with Gasteiger partial charge < -0.3 is 10.3 Å². The minimum absolute atomic E-state index is 0.271. The van der Waals surface area contributed by atoms with E-state index in [0.717, 1.165) is 5.56 Å². The minimum Gasteiger partial charge on any atom is -0.322 e. The highest BCUT2D eigenvalue weighted by Crippen LogP contribution is 2.25. The molecule has 0 saturated carbocycles. The Bertz CT molecular complexity index is 1280. The van der Waals surface area contributed by atoms with Crippen LogP contribution in [-0.4, -0.2) is 15.9 Å². The lowest BCUT2D eigenvalue weighted by Crippen LogP contribution is -2.22. The van der Waals surface area contributed by atoms with E-state index in [1.165, 1.54) is 0 Å². The molecule has 0 atom stereocenters. The average molecular weight is 428 g/mol. The standard InChI is InChI=1S/C25H18ClN3O2/c26-19-12-14-20(15-13-19)27-24(30)22-21(16-11-17-7-3-1-4-8-17)28-25(31)29-23(22)18-9-5-2-6-10-18/h1-16H,(H,27,30)(H,28,29,31)/b16-11+. The van der Waals surface area contributed by atoms with E-state index in [9.17, 15) is 9.59 Å². The van der Waals surface area contributed by atoms with Crippen LogP contribution >= 0.6 is 11.6 Å². The zero-order chi connectivity index (χ0) is 21.6. The maximum Gasteiger partial charge on any atom is 0.345 e. The zero-order valence-corrected chi connectivity index (χ0v) is 17.1. The molecule has 0 spiro atoms. The number of aromatic nitrogens is 2. The summed E-state index contributed by atoms with van der Waals surface area (Å²) in [7, 11) is 0. The Hall–Kier alpha value is -3.96. The first-order valence-corrected chi connectivity index (χ1v) is 9.98. The van der Waals surface area contributed by atoms with Gasteiger partial charge in [0.2, 0.25) is 0 Å². The van der Waals surface area contributed by atoms with Gasteiger partial charge in [0.05, 0.1) is 17.0 Å². The van der Waals surface area contributed by atoms with E-state index in [-0.39, 0.29) is 5.56 Å². The molecule has 1 amide bonds. The molecule has 31 heavy (non-hydrogen) atoms. The van der Waals surface area contributed by atoms with Crippen molar-refractivity contribution in [1.82, 2.24) is 9.97 Å². The van der Waals surface area contributed by atoms with Crippen LogP contribution in [0, 0.1) is 0 Å². The van der Waals surface area contributed by atoms with Crippen molar-refractivity contribution in [3.05, 3.63) is 117 Å². The zero-order valence-electron chi connectivity index (χ0n) is 16.4. The van der Waals surface area contributed by atoms with Crippen LogP contribution in [0.1, 0.15) is 21.6 Å². The van der Waals surface area contributed by atoms with Gasteiger partial charge in [-0.25, -0.2) is 4.79 Å². The van der Waals surface area contributed by atoms with E-state index in [0.29, 0.717) is 27.7 Å². The van der Waals surface area contributed by atoms with Gasteiger partial charge in [0.25, 0.3) is 5.91 Å².